The summed E-state index contributed by atoms with van der Waals surface area (Å²) in [5.41, 5.74) is -2.06. The topological polar surface area (TPSA) is 70.4 Å². The lowest BCUT2D eigenvalue weighted by Crippen LogP contribution is -2.08. The van der Waals surface area contributed by atoms with Crippen LogP contribution in [0.1, 0.15) is 16.1 Å². The van der Waals surface area contributed by atoms with E-state index in [0.29, 0.717) is 0 Å². The van der Waals surface area contributed by atoms with Crippen molar-refractivity contribution in [3.8, 4) is 5.75 Å². The van der Waals surface area contributed by atoms with Crippen LogP contribution in [0.3, 0.4) is 0 Å². The third kappa shape index (κ3) is 1.94. The Hall–Kier alpha value is -2.31. The number of fused-ring (bicyclic) bond motifs is 1. The van der Waals surface area contributed by atoms with E-state index in [9.17, 15) is 23.1 Å². The Morgan fingerprint density at radius 2 is 1.78 bits per heavy atom. The monoisotopic (exact) mass is 257 g/mol. The van der Waals surface area contributed by atoms with Crippen molar-refractivity contribution in [2.45, 2.75) is 6.18 Å². The second-order valence-corrected chi connectivity index (χ2v) is 3.53. The molecular weight excluding hydrogens is 251 g/mol. The maximum Gasteiger partial charge on any atom is 0.433 e. The number of aromatic nitrogens is 1. The molecule has 0 atom stereocenters. The summed E-state index contributed by atoms with van der Waals surface area (Å²) in [6.45, 7) is 0. The zero-order valence-corrected chi connectivity index (χ0v) is 8.69. The van der Waals surface area contributed by atoms with E-state index < -0.39 is 29.2 Å². The summed E-state index contributed by atoms with van der Waals surface area (Å²) in [6, 6.07) is 4.28. The standard InChI is InChI=1S/C11H6F3NO3/c12-11(13,14)7-4-2-5-1-3-6(10(17)18)9(16)8(5)15-7/h1-4,16H,(H,17,18). The molecule has 18 heavy (non-hydrogen) atoms. The molecule has 0 saturated heterocycles. The predicted octanol–water partition coefficient (Wildman–Crippen LogP) is 2.66. The smallest absolute Gasteiger partial charge is 0.433 e. The first-order valence-electron chi connectivity index (χ1n) is 4.74. The van der Waals surface area contributed by atoms with Crippen LogP contribution in [0.5, 0.6) is 5.75 Å². The molecule has 1 heterocycles. The van der Waals surface area contributed by atoms with Gasteiger partial charge in [0.15, 0.2) is 5.75 Å². The van der Waals surface area contributed by atoms with Crippen molar-refractivity contribution in [3.05, 3.63) is 35.5 Å². The molecule has 1 aromatic heterocycles. The minimum Gasteiger partial charge on any atom is -0.505 e. The van der Waals surface area contributed by atoms with Crippen molar-refractivity contribution >= 4 is 16.9 Å². The molecule has 0 radical (unpaired) electrons. The molecule has 0 aliphatic heterocycles. The van der Waals surface area contributed by atoms with Crippen LogP contribution >= 0.6 is 0 Å². The Balaban J connectivity index is 2.75. The zero-order valence-electron chi connectivity index (χ0n) is 8.69. The summed E-state index contributed by atoms with van der Waals surface area (Å²) in [6.07, 6.45) is -4.65. The first kappa shape index (κ1) is 12.2. The van der Waals surface area contributed by atoms with E-state index in [4.69, 9.17) is 5.11 Å². The molecule has 0 unspecified atom stereocenters. The van der Waals surface area contributed by atoms with Gasteiger partial charge in [-0.1, -0.05) is 12.1 Å². The summed E-state index contributed by atoms with van der Waals surface area (Å²) in [5.74, 6) is -2.21. The second-order valence-electron chi connectivity index (χ2n) is 3.53. The Morgan fingerprint density at radius 1 is 1.17 bits per heavy atom. The summed E-state index contributed by atoms with van der Waals surface area (Å²) in [5, 5.41) is 18.6. The second kappa shape index (κ2) is 3.86. The van der Waals surface area contributed by atoms with Gasteiger partial charge in [-0.15, -0.1) is 0 Å². The van der Waals surface area contributed by atoms with E-state index in [0.717, 1.165) is 18.2 Å². The van der Waals surface area contributed by atoms with Gasteiger partial charge in [0.05, 0.1) is 0 Å². The molecule has 0 bridgehead atoms. The van der Waals surface area contributed by atoms with Gasteiger partial charge in [-0.2, -0.15) is 13.2 Å². The maximum atomic E-state index is 12.4. The van der Waals surface area contributed by atoms with Crippen LogP contribution < -0.4 is 0 Å². The minimum atomic E-state index is -4.65. The average molecular weight is 257 g/mol. The van der Waals surface area contributed by atoms with Gasteiger partial charge in [-0.05, 0) is 12.1 Å². The minimum absolute atomic E-state index is 0.227. The summed E-state index contributed by atoms with van der Waals surface area (Å²) < 4.78 is 37.3. The summed E-state index contributed by atoms with van der Waals surface area (Å²) in [7, 11) is 0. The SMILES string of the molecule is O=C(O)c1ccc2ccc(C(F)(F)F)nc2c1O. The Kier molecular flexibility index (Phi) is 2.61. The lowest BCUT2D eigenvalue weighted by molar-refractivity contribution is -0.140. The van der Waals surface area contributed by atoms with Crippen molar-refractivity contribution in [2.24, 2.45) is 0 Å². The molecule has 1 aromatic carbocycles. The fourth-order valence-corrected chi connectivity index (χ4v) is 1.50. The van der Waals surface area contributed by atoms with Gasteiger partial charge in [0, 0.05) is 5.39 Å². The third-order valence-corrected chi connectivity index (χ3v) is 2.36. The van der Waals surface area contributed by atoms with Crippen LogP contribution in [0.4, 0.5) is 13.2 Å². The Morgan fingerprint density at radius 3 is 2.33 bits per heavy atom. The van der Waals surface area contributed by atoms with Crippen LogP contribution in [0.2, 0.25) is 0 Å². The molecule has 7 heteroatoms. The number of hydrogen-bond acceptors (Lipinski definition) is 3. The number of halogens is 3. The number of rotatable bonds is 1. The highest BCUT2D eigenvalue weighted by Crippen LogP contribution is 2.32. The number of carboxylic acid groups (broad SMARTS) is 1. The van der Waals surface area contributed by atoms with Gasteiger partial charge in [-0.25, -0.2) is 9.78 Å². The Labute approximate surface area is 98.3 Å². The lowest BCUT2D eigenvalue weighted by Gasteiger charge is -2.08. The summed E-state index contributed by atoms with van der Waals surface area (Å²) in [4.78, 5) is 14.0. The van der Waals surface area contributed by atoms with Crippen LogP contribution in [-0.2, 0) is 6.18 Å². The molecule has 2 aromatic rings. The van der Waals surface area contributed by atoms with Crippen molar-refractivity contribution in [1.29, 1.82) is 0 Å². The van der Waals surface area contributed by atoms with Gasteiger partial charge in [0.2, 0.25) is 0 Å². The average Bonchev–Trinajstić information content (AvgIpc) is 2.27. The van der Waals surface area contributed by atoms with E-state index in [1.807, 2.05) is 0 Å². The highest BCUT2D eigenvalue weighted by atomic mass is 19.4. The molecule has 94 valence electrons. The molecule has 0 fully saturated rings. The van der Waals surface area contributed by atoms with Crippen molar-refractivity contribution in [3.63, 3.8) is 0 Å². The Bertz CT molecular complexity index is 637. The number of pyridine rings is 1. The van der Waals surface area contributed by atoms with Gasteiger partial charge in [0.1, 0.15) is 16.8 Å². The van der Waals surface area contributed by atoms with Gasteiger partial charge < -0.3 is 10.2 Å². The fraction of sp³-hybridized carbons (Fsp3) is 0.0909. The van der Waals surface area contributed by atoms with Crippen molar-refractivity contribution < 1.29 is 28.2 Å². The van der Waals surface area contributed by atoms with Crippen molar-refractivity contribution in [2.75, 3.05) is 0 Å². The number of alkyl halides is 3. The normalized spacial score (nSPS) is 11.7. The zero-order chi connectivity index (χ0) is 13.5. The van der Waals surface area contributed by atoms with E-state index in [1.54, 1.807) is 0 Å². The first-order chi connectivity index (χ1) is 8.30. The molecule has 2 rings (SSSR count). The molecular formula is C11H6F3NO3. The molecule has 0 aliphatic rings. The van der Waals surface area contributed by atoms with E-state index in [1.165, 1.54) is 6.07 Å². The predicted molar refractivity (Wildman–Crippen MR) is 55.4 cm³/mol. The van der Waals surface area contributed by atoms with Crippen molar-refractivity contribution in [1.82, 2.24) is 4.98 Å². The first-order valence-corrected chi connectivity index (χ1v) is 4.74. The number of aromatic carboxylic acids is 1. The number of benzene rings is 1. The number of phenols is 1. The molecule has 0 saturated carbocycles. The molecule has 0 spiro atoms. The highest BCUT2D eigenvalue weighted by molar-refractivity contribution is 5.98. The van der Waals surface area contributed by atoms with Crippen LogP contribution in [-0.4, -0.2) is 21.2 Å². The lowest BCUT2D eigenvalue weighted by atomic mass is 10.1. The van der Waals surface area contributed by atoms with Gasteiger partial charge >= 0.3 is 12.1 Å². The van der Waals surface area contributed by atoms with E-state index in [2.05, 4.69) is 4.98 Å². The third-order valence-electron chi connectivity index (χ3n) is 2.36. The number of aromatic hydroxyl groups is 1. The number of nitrogens with zero attached hydrogens (tertiary/aromatic N) is 1. The van der Waals surface area contributed by atoms with Crippen LogP contribution in [0, 0.1) is 0 Å². The van der Waals surface area contributed by atoms with Crippen LogP contribution in [0.25, 0.3) is 10.9 Å². The highest BCUT2D eigenvalue weighted by Gasteiger charge is 2.32. The largest absolute Gasteiger partial charge is 0.505 e. The van der Waals surface area contributed by atoms with E-state index >= 15 is 0 Å². The molecule has 2 N–H and O–H groups in total. The van der Waals surface area contributed by atoms with E-state index in [-0.39, 0.29) is 10.9 Å². The number of carbonyl (C=O) groups is 1. The van der Waals surface area contributed by atoms with Gasteiger partial charge in [-0.3, -0.25) is 0 Å². The van der Waals surface area contributed by atoms with Gasteiger partial charge in [0.25, 0.3) is 0 Å². The molecule has 0 amide bonds. The maximum absolute atomic E-state index is 12.4. The molecule has 4 nitrogen and oxygen atoms in total. The fourth-order valence-electron chi connectivity index (χ4n) is 1.50. The molecule has 0 aliphatic carbocycles. The summed E-state index contributed by atoms with van der Waals surface area (Å²) >= 11 is 0. The van der Waals surface area contributed by atoms with Crippen LogP contribution in [0.15, 0.2) is 24.3 Å². The quantitative estimate of drug-likeness (QED) is 0.823. The number of hydrogen-bond donors (Lipinski definition) is 2. The number of carboxylic acids is 1.